The molecule has 1 amide bonds. The van der Waals surface area contributed by atoms with Gasteiger partial charge in [0.2, 0.25) is 5.91 Å². The van der Waals surface area contributed by atoms with E-state index < -0.39 is 0 Å². The number of nitrogens with one attached hydrogen (secondary N) is 1. The summed E-state index contributed by atoms with van der Waals surface area (Å²) in [6.45, 7) is 6.18. The highest BCUT2D eigenvalue weighted by Gasteiger charge is 2.25. The molecule has 0 aromatic carbocycles. The minimum absolute atomic E-state index is 0.184. The number of hydrogen-bond acceptors (Lipinski definition) is 2. The van der Waals surface area contributed by atoms with Gasteiger partial charge in [0.15, 0.2) is 0 Å². The van der Waals surface area contributed by atoms with Crippen LogP contribution in [0.2, 0.25) is 0 Å². The van der Waals surface area contributed by atoms with Gasteiger partial charge in [0.05, 0.1) is 5.76 Å². The summed E-state index contributed by atoms with van der Waals surface area (Å²) >= 11 is 0. The van der Waals surface area contributed by atoms with Crippen molar-refractivity contribution in [3.05, 3.63) is 22.6 Å². The Labute approximate surface area is 122 Å². The number of carbonyl (C=O) groups is 1. The number of hydrogen-bond donors (Lipinski definition) is 2. The van der Waals surface area contributed by atoms with Gasteiger partial charge >= 0.3 is 0 Å². The fourth-order valence-electron chi connectivity index (χ4n) is 3.22. The minimum Gasteiger partial charge on any atom is -0.512 e. The van der Waals surface area contributed by atoms with E-state index in [4.69, 9.17) is 0 Å². The van der Waals surface area contributed by atoms with Crippen LogP contribution in [0, 0.1) is 11.8 Å². The maximum atomic E-state index is 12.3. The van der Waals surface area contributed by atoms with Gasteiger partial charge in [0.25, 0.3) is 0 Å². The third kappa shape index (κ3) is 3.44. The second-order valence-corrected chi connectivity index (χ2v) is 6.56. The number of carbonyl (C=O) groups excluding carboxylic acids is 1. The van der Waals surface area contributed by atoms with E-state index in [9.17, 15) is 9.90 Å². The molecule has 0 aromatic heterocycles. The molecule has 2 aliphatic carbocycles. The van der Waals surface area contributed by atoms with Crippen molar-refractivity contribution in [3.8, 4) is 0 Å². The number of aliphatic hydroxyl groups is 1. The molecule has 0 aliphatic heterocycles. The first kappa shape index (κ1) is 15.1. The topological polar surface area (TPSA) is 49.3 Å². The Kier molecular flexibility index (Phi) is 4.90. The summed E-state index contributed by atoms with van der Waals surface area (Å²) in [4.78, 5) is 12.3. The minimum atomic E-state index is 0.184. The molecule has 0 atom stereocenters. The smallest absolute Gasteiger partial charge is 0.227 e. The molecule has 2 aliphatic rings. The molecule has 1 fully saturated rings. The SMILES string of the molecule is CC1=C(NC(=O)C2CCCCC2)CC(C(C)C)=C(O)C1. The second kappa shape index (κ2) is 6.47. The zero-order chi connectivity index (χ0) is 14.7. The molecule has 0 aromatic rings. The van der Waals surface area contributed by atoms with Gasteiger partial charge in [-0.2, -0.15) is 0 Å². The molecule has 0 unspecified atom stereocenters. The lowest BCUT2D eigenvalue weighted by atomic mass is 9.86. The van der Waals surface area contributed by atoms with Gasteiger partial charge in [-0.25, -0.2) is 0 Å². The fourth-order valence-corrected chi connectivity index (χ4v) is 3.22. The maximum Gasteiger partial charge on any atom is 0.227 e. The van der Waals surface area contributed by atoms with Crippen molar-refractivity contribution >= 4 is 5.91 Å². The van der Waals surface area contributed by atoms with Crippen molar-refractivity contribution in [3.63, 3.8) is 0 Å². The molecule has 1 saturated carbocycles. The molecule has 0 bridgehead atoms. The van der Waals surface area contributed by atoms with Crippen LogP contribution in [0.5, 0.6) is 0 Å². The van der Waals surface area contributed by atoms with Crippen molar-refractivity contribution in [1.29, 1.82) is 0 Å². The van der Waals surface area contributed by atoms with E-state index in [-0.39, 0.29) is 11.8 Å². The lowest BCUT2D eigenvalue weighted by Crippen LogP contribution is -2.33. The Hall–Kier alpha value is -1.25. The van der Waals surface area contributed by atoms with E-state index in [0.29, 0.717) is 24.5 Å². The van der Waals surface area contributed by atoms with E-state index in [1.54, 1.807) is 0 Å². The third-order valence-corrected chi connectivity index (χ3v) is 4.63. The number of allylic oxidation sites excluding steroid dienone is 2. The van der Waals surface area contributed by atoms with Gasteiger partial charge < -0.3 is 10.4 Å². The summed E-state index contributed by atoms with van der Waals surface area (Å²) in [5.41, 5.74) is 3.17. The maximum absolute atomic E-state index is 12.3. The Balaban J connectivity index is 2.01. The van der Waals surface area contributed by atoms with Crippen LogP contribution < -0.4 is 5.32 Å². The Morgan fingerprint density at radius 2 is 1.85 bits per heavy atom. The molecule has 0 heterocycles. The van der Waals surface area contributed by atoms with Crippen molar-refractivity contribution in [2.24, 2.45) is 11.8 Å². The third-order valence-electron chi connectivity index (χ3n) is 4.63. The quantitative estimate of drug-likeness (QED) is 0.811. The summed E-state index contributed by atoms with van der Waals surface area (Å²) < 4.78 is 0. The van der Waals surface area contributed by atoms with Crippen LogP contribution in [-0.2, 0) is 4.79 Å². The summed E-state index contributed by atoms with van der Waals surface area (Å²) in [6.07, 6.45) is 6.93. The van der Waals surface area contributed by atoms with E-state index >= 15 is 0 Å². The summed E-state index contributed by atoms with van der Waals surface area (Å²) in [6, 6.07) is 0. The van der Waals surface area contributed by atoms with Crippen molar-refractivity contribution in [1.82, 2.24) is 5.32 Å². The van der Waals surface area contributed by atoms with Crippen LogP contribution in [0.4, 0.5) is 0 Å². The normalized spacial score (nSPS) is 21.6. The average Bonchev–Trinajstić information content (AvgIpc) is 2.42. The Morgan fingerprint density at radius 1 is 1.20 bits per heavy atom. The highest BCUT2D eigenvalue weighted by Crippen LogP contribution is 2.32. The number of aliphatic hydroxyl groups excluding tert-OH is 1. The van der Waals surface area contributed by atoms with Crippen LogP contribution in [0.1, 0.15) is 65.7 Å². The van der Waals surface area contributed by atoms with Crippen molar-refractivity contribution in [2.75, 3.05) is 0 Å². The van der Waals surface area contributed by atoms with Crippen LogP contribution in [0.25, 0.3) is 0 Å². The van der Waals surface area contributed by atoms with Crippen LogP contribution in [-0.4, -0.2) is 11.0 Å². The van der Waals surface area contributed by atoms with Crippen molar-refractivity contribution < 1.29 is 9.90 Å². The van der Waals surface area contributed by atoms with E-state index in [0.717, 1.165) is 29.7 Å². The van der Waals surface area contributed by atoms with Crippen molar-refractivity contribution in [2.45, 2.75) is 65.7 Å². The largest absolute Gasteiger partial charge is 0.512 e. The standard InChI is InChI=1S/C17H27NO2/c1-11(2)14-10-15(12(3)9-16(14)19)18-17(20)13-7-5-4-6-8-13/h11,13,19H,4-10H2,1-3H3,(H,18,20). The zero-order valence-electron chi connectivity index (χ0n) is 13.0. The highest BCUT2D eigenvalue weighted by atomic mass is 16.3. The van der Waals surface area contributed by atoms with Crippen LogP contribution in [0.15, 0.2) is 22.6 Å². The molecule has 112 valence electrons. The molecule has 3 nitrogen and oxygen atoms in total. The number of rotatable bonds is 3. The van der Waals surface area contributed by atoms with Crippen LogP contribution >= 0.6 is 0 Å². The average molecular weight is 277 g/mol. The molecule has 2 rings (SSSR count). The summed E-state index contributed by atoms with van der Waals surface area (Å²) in [7, 11) is 0. The van der Waals surface area contributed by atoms with E-state index in [1.165, 1.54) is 19.3 Å². The Bertz CT molecular complexity index is 440. The second-order valence-electron chi connectivity index (χ2n) is 6.56. The predicted octanol–water partition coefficient (Wildman–Crippen LogP) is 4.22. The molecule has 20 heavy (non-hydrogen) atoms. The molecular weight excluding hydrogens is 250 g/mol. The Morgan fingerprint density at radius 3 is 2.45 bits per heavy atom. The van der Waals surface area contributed by atoms with Gasteiger partial charge in [0, 0.05) is 24.5 Å². The van der Waals surface area contributed by atoms with Crippen LogP contribution in [0.3, 0.4) is 0 Å². The highest BCUT2D eigenvalue weighted by molar-refractivity contribution is 5.80. The first-order valence-electron chi connectivity index (χ1n) is 7.89. The molecule has 0 spiro atoms. The molecule has 0 radical (unpaired) electrons. The lowest BCUT2D eigenvalue weighted by Gasteiger charge is -2.27. The summed E-state index contributed by atoms with van der Waals surface area (Å²) in [5, 5.41) is 13.2. The first-order valence-corrected chi connectivity index (χ1v) is 7.89. The first-order chi connectivity index (χ1) is 9.49. The predicted molar refractivity (Wildman–Crippen MR) is 81.1 cm³/mol. The molecule has 2 N–H and O–H groups in total. The molecule has 0 saturated heterocycles. The van der Waals surface area contributed by atoms with Gasteiger partial charge in [-0.3, -0.25) is 4.79 Å². The zero-order valence-corrected chi connectivity index (χ0v) is 13.0. The fraction of sp³-hybridized carbons (Fsp3) is 0.706. The van der Waals surface area contributed by atoms with Gasteiger partial charge in [-0.05, 0) is 36.8 Å². The van der Waals surface area contributed by atoms with E-state index in [1.807, 2.05) is 6.92 Å². The van der Waals surface area contributed by atoms with E-state index in [2.05, 4.69) is 19.2 Å². The van der Waals surface area contributed by atoms with Gasteiger partial charge in [0.1, 0.15) is 0 Å². The lowest BCUT2D eigenvalue weighted by molar-refractivity contribution is -0.125. The number of amides is 1. The van der Waals surface area contributed by atoms with Gasteiger partial charge in [-0.1, -0.05) is 33.1 Å². The molecule has 3 heteroatoms. The van der Waals surface area contributed by atoms with Gasteiger partial charge in [-0.15, -0.1) is 0 Å². The monoisotopic (exact) mass is 277 g/mol. The summed E-state index contributed by atoms with van der Waals surface area (Å²) in [5.74, 6) is 1.19. The molecular formula is C17H27NO2.